The highest BCUT2D eigenvalue weighted by atomic mass is 13.8. The van der Waals surface area contributed by atoms with E-state index in [1.165, 1.54) is 0 Å². The minimum absolute atomic E-state index is 0. The molecule has 0 aliphatic heterocycles. The van der Waals surface area contributed by atoms with Gasteiger partial charge in [0.2, 0.25) is 0 Å². The average molecular weight is 118 g/mol. The van der Waals surface area contributed by atoms with Gasteiger partial charge < -0.3 is 0 Å². The molecule has 1 rings (SSSR count). The molecule has 0 amide bonds. The largest absolute Gasteiger partial charge is 0.115 e. The number of rotatable bonds is 0. The van der Waals surface area contributed by atoms with Gasteiger partial charge in [-0.05, 0) is 12.1 Å². The van der Waals surface area contributed by atoms with Gasteiger partial charge in [0.1, 0.15) is 0 Å². The third-order valence-electron chi connectivity index (χ3n) is 0.940. The van der Waals surface area contributed by atoms with Crippen LogP contribution in [-0.2, 0) is 0 Å². The van der Waals surface area contributed by atoms with Crippen LogP contribution in [-0.4, -0.2) is 0 Å². The van der Waals surface area contributed by atoms with Crippen LogP contribution >= 0.6 is 0 Å². The number of hydrogen-bond donors (Lipinski definition) is 0. The molecule has 0 saturated carbocycles. The summed E-state index contributed by atoms with van der Waals surface area (Å²) in [6.07, 6.45) is 5.10. The predicted octanol–water partition coefficient (Wildman–Crippen LogP) is 2.30. The number of terminal acetylenes is 1. The topological polar surface area (TPSA) is 0 Å². The third kappa shape index (κ3) is 2.01. The van der Waals surface area contributed by atoms with Gasteiger partial charge in [0, 0.05) is 5.56 Å². The lowest BCUT2D eigenvalue weighted by Crippen LogP contribution is -1.66. The molecule has 0 aliphatic rings. The van der Waals surface area contributed by atoms with Crippen LogP contribution in [0, 0.1) is 12.3 Å². The molecule has 0 heterocycles. The zero-order chi connectivity index (χ0) is 5.82. The van der Waals surface area contributed by atoms with E-state index in [1.54, 1.807) is 0 Å². The molecule has 0 nitrogen and oxygen atoms in total. The molecule has 1 aromatic carbocycles. The molecule has 0 atom stereocenters. The molecule has 0 fully saturated rings. The first-order valence-electron chi connectivity index (χ1n) is 2.45. The van der Waals surface area contributed by atoms with Crippen LogP contribution in [0.15, 0.2) is 30.3 Å². The molecular formula is C9H10. The lowest BCUT2D eigenvalue weighted by molar-refractivity contribution is 1.65. The van der Waals surface area contributed by atoms with Crippen molar-refractivity contribution in [2.45, 2.75) is 7.43 Å². The molecule has 0 aromatic heterocycles. The number of benzene rings is 1. The third-order valence-corrected chi connectivity index (χ3v) is 0.940. The van der Waals surface area contributed by atoms with Gasteiger partial charge in [-0.15, -0.1) is 6.42 Å². The molecule has 0 bridgehead atoms. The Kier molecular flexibility index (Phi) is 3.23. The monoisotopic (exact) mass is 118 g/mol. The molecule has 0 spiro atoms. The van der Waals surface area contributed by atoms with E-state index in [-0.39, 0.29) is 7.43 Å². The molecule has 9 heavy (non-hydrogen) atoms. The second kappa shape index (κ2) is 3.74. The van der Waals surface area contributed by atoms with Gasteiger partial charge in [-0.3, -0.25) is 0 Å². The normalized spacial score (nSPS) is 7.00. The quantitative estimate of drug-likeness (QED) is 0.458. The van der Waals surface area contributed by atoms with Gasteiger partial charge in [-0.25, -0.2) is 0 Å². The van der Waals surface area contributed by atoms with Crippen molar-refractivity contribution in [3.05, 3.63) is 35.9 Å². The zero-order valence-electron chi connectivity index (χ0n) is 4.46. The summed E-state index contributed by atoms with van der Waals surface area (Å²) in [7, 11) is 0. The fourth-order valence-electron chi connectivity index (χ4n) is 0.534. The Hall–Kier alpha value is -1.22. The summed E-state index contributed by atoms with van der Waals surface area (Å²) in [5.41, 5.74) is 0.938. The van der Waals surface area contributed by atoms with E-state index in [2.05, 4.69) is 5.92 Å². The molecule has 0 unspecified atom stereocenters. The first kappa shape index (κ1) is 7.78. The van der Waals surface area contributed by atoms with Crippen LogP contribution in [0.3, 0.4) is 0 Å². The van der Waals surface area contributed by atoms with Crippen molar-refractivity contribution in [3.63, 3.8) is 0 Å². The van der Waals surface area contributed by atoms with Crippen LogP contribution < -0.4 is 0 Å². The van der Waals surface area contributed by atoms with Crippen LogP contribution in [0.25, 0.3) is 0 Å². The summed E-state index contributed by atoms with van der Waals surface area (Å²) in [6, 6.07) is 9.60. The van der Waals surface area contributed by atoms with Crippen LogP contribution in [0.1, 0.15) is 13.0 Å². The van der Waals surface area contributed by atoms with E-state index in [0.717, 1.165) is 5.56 Å². The fraction of sp³-hybridized carbons (Fsp3) is 0.111. The highest BCUT2D eigenvalue weighted by molar-refractivity contribution is 5.30. The second-order valence-corrected chi connectivity index (χ2v) is 1.51. The van der Waals surface area contributed by atoms with Crippen molar-refractivity contribution < 1.29 is 0 Å². The SMILES string of the molecule is C.C#Cc1ccccc1. The van der Waals surface area contributed by atoms with Crippen molar-refractivity contribution in [2.75, 3.05) is 0 Å². The molecular weight excluding hydrogens is 108 g/mol. The maximum Gasteiger partial charge on any atom is 0.0242 e. The van der Waals surface area contributed by atoms with Gasteiger partial charge in [0.15, 0.2) is 0 Å². The lowest BCUT2D eigenvalue weighted by atomic mass is 10.2. The van der Waals surface area contributed by atoms with Gasteiger partial charge in [-0.1, -0.05) is 31.5 Å². The first-order valence-corrected chi connectivity index (χ1v) is 2.45. The summed E-state index contributed by atoms with van der Waals surface area (Å²) in [5.74, 6) is 2.53. The van der Waals surface area contributed by atoms with Crippen LogP contribution in [0.5, 0.6) is 0 Å². The number of hydrogen-bond acceptors (Lipinski definition) is 0. The van der Waals surface area contributed by atoms with E-state index < -0.39 is 0 Å². The van der Waals surface area contributed by atoms with Crippen LogP contribution in [0.4, 0.5) is 0 Å². The molecule has 1 aromatic rings. The molecule has 0 aliphatic carbocycles. The van der Waals surface area contributed by atoms with Crippen LogP contribution in [0.2, 0.25) is 0 Å². The van der Waals surface area contributed by atoms with Crippen molar-refractivity contribution >= 4 is 0 Å². The van der Waals surface area contributed by atoms with E-state index >= 15 is 0 Å². The standard InChI is InChI=1S/C8H6.CH4/c1-2-8-6-4-3-5-7-8;/h1,3-7H;1H4. The summed E-state index contributed by atoms with van der Waals surface area (Å²) in [4.78, 5) is 0. The minimum atomic E-state index is 0. The van der Waals surface area contributed by atoms with Crippen molar-refractivity contribution in [1.82, 2.24) is 0 Å². The fourth-order valence-corrected chi connectivity index (χ4v) is 0.534. The predicted molar refractivity (Wildman–Crippen MR) is 41.1 cm³/mol. The Morgan fingerprint density at radius 1 is 1.11 bits per heavy atom. The highest BCUT2D eigenvalue weighted by Gasteiger charge is 1.76. The maximum atomic E-state index is 5.10. The summed E-state index contributed by atoms with van der Waals surface area (Å²) in [6.45, 7) is 0. The van der Waals surface area contributed by atoms with Gasteiger partial charge in [-0.2, -0.15) is 0 Å². The average Bonchev–Trinajstić information content (AvgIpc) is 1.90. The Balaban J connectivity index is 0.000000640. The lowest BCUT2D eigenvalue weighted by Gasteiger charge is -1.82. The van der Waals surface area contributed by atoms with E-state index in [4.69, 9.17) is 6.42 Å². The smallest absolute Gasteiger partial charge is 0.0242 e. The minimum Gasteiger partial charge on any atom is -0.115 e. The summed E-state index contributed by atoms with van der Waals surface area (Å²) in [5, 5.41) is 0. The Morgan fingerprint density at radius 3 is 2.00 bits per heavy atom. The van der Waals surface area contributed by atoms with Gasteiger partial charge in [0.25, 0.3) is 0 Å². The van der Waals surface area contributed by atoms with E-state index in [0.29, 0.717) is 0 Å². The first-order chi connectivity index (χ1) is 3.93. The maximum absolute atomic E-state index is 5.10. The van der Waals surface area contributed by atoms with Crippen molar-refractivity contribution in [3.8, 4) is 12.3 Å². The van der Waals surface area contributed by atoms with E-state index in [9.17, 15) is 0 Å². The zero-order valence-corrected chi connectivity index (χ0v) is 4.46. The molecule has 0 radical (unpaired) electrons. The highest BCUT2D eigenvalue weighted by Crippen LogP contribution is 1.92. The Morgan fingerprint density at radius 2 is 1.67 bits per heavy atom. The van der Waals surface area contributed by atoms with Crippen molar-refractivity contribution in [2.24, 2.45) is 0 Å². The molecule has 46 valence electrons. The molecule has 0 heteroatoms. The van der Waals surface area contributed by atoms with Gasteiger partial charge >= 0.3 is 0 Å². The molecule has 0 N–H and O–H groups in total. The Bertz CT molecular complexity index is 191. The Labute approximate surface area is 56.5 Å². The summed E-state index contributed by atoms with van der Waals surface area (Å²) < 4.78 is 0. The van der Waals surface area contributed by atoms with Crippen molar-refractivity contribution in [1.29, 1.82) is 0 Å². The van der Waals surface area contributed by atoms with E-state index in [1.807, 2.05) is 30.3 Å². The summed E-state index contributed by atoms with van der Waals surface area (Å²) >= 11 is 0. The molecule has 0 saturated heterocycles. The van der Waals surface area contributed by atoms with Gasteiger partial charge in [0.05, 0.1) is 0 Å². The second-order valence-electron chi connectivity index (χ2n) is 1.51.